The second-order valence-corrected chi connectivity index (χ2v) is 8.47. The SMILES string of the molecule is CN(Cc1ccc(N(C)C)cc1)C(=O)CN1CCC(NC(=O)Nc2ccc(F)cc2)CC1. The van der Waals surface area contributed by atoms with Gasteiger partial charge in [0.05, 0.1) is 6.54 Å². The minimum Gasteiger partial charge on any atom is -0.378 e. The topological polar surface area (TPSA) is 67.9 Å². The van der Waals surface area contributed by atoms with Crippen LogP contribution < -0.4 is 15.5 Å². The molecule has 0 radical (unpaired) electrons. The van der Waals surface area contributed by atoms with Gasteiger partial charge >= 0.3 is 6.03 Å². The van der Waals surface area contributed by atoms with Crippen LogP contribution >= 0.6 is 0 Å². The smallest absolute Gasteiger partial charge is 0.319 e. The van der Waals surface area contributed by atoms with E-state index in [1.54, 1.807) is 4.90 Å². The number of benzene rings is 2. The molecular formula is C24H32FN5O2. The van der Waals surface area contributed by atoms with Crippen molar-refractivity contribution in [2.24, 2.45) is 0 Å². The first-order valence-electron chi connectivity index (χ1n) is 10.9. The second kappa shape index (κ2) is 10.9. The van der Waals surface area contributed by atoms with Gasteiger partial charge in [0.1, 0.15) is 5.82 Å². The van der Waals surface area contributed by atoms with Gasteiger partial charge in [0.15, 0.2) is 0 Å². The number of nitrogens with zero attached hydrogens (tertiary/aromatic N) is 3. The molecule has 8 heteroatoms. The maximum absolute atomic E-state index is 13.0. The molecule has 1 aliphatic heterocycles. The Morgan fingerprint density at radius 3 is 2.22 bits per heavy atom. The molecule has 3 rings (SSSR count). The molecule has 1 heterocycles. The average Bonchev–Trinajstić information content (AvgIpc) is 2.77. The van der Waals surface area contributed by atoms with Gasteiger partial charge in [-0.3, -0.25) is 9.69 Å². The first-order chi connectivity index (χ1) is 15.3. The molecule has 2 N–H and O–H groups in total. The highest BCUT2D eigenvalue weighted by atomic mass is 19.1. The number of nitrogens with one attached hydrogen (secondary N) is 2. The van der Waals surface area contributed by atoms with E-state index < -0.39 is 0 Å². The van der Waals surface area contributed by atoms with Gasteiger partial charge in [-0.15, -0.1) is 0 Å². The molecule has 7 nitrogen and oxygen atoms in total. The summed E-state index contributed by atoms with van der Waals surface area (Å²) in [6, 6.07) is 13.6. The molecule has 0 aromatic heterocycles. The number of hydrogen-bond acceptors (Lipinski definition) is 4. The van der Waals surface area contributed by atoms with E-state index >= 15 is 0 Å². The zero-order valence-electron chi connectivity index (χ0n) is 19.0. The third-order valence-electron chi connectivity index (χ3n) is 5.68. The fourth-order valence-electron chi connectivity index (χ4n) is 3.69. The van der Waals surface area contributed by atoms with Crippen molar-refractivity contribution in [1.82, 2.24) is 15.1 Å². The van der Waals surface area contributed by atoms with Crippen LogP contribution in [0.4, 0.5) is 20.6 Å². The Morgan fingerprint density at radius 1 is 1.00 bits per heavy atom. The highest BCUT2D eigenvalue weighted by Crippen LogP contribution is 2.15. The monoisotopic (exact) mass is 441 g/mol. The molecule has 0 spiro atoms. The number of carbonyl (C=O) groups is 2. The largest absolute Gasteiger partial charge is 0.378 e. The summed E-state index contributed by atoms with van der Waals surface area (Å²) in [5.41, 5.74) is 2.78. The third-order valence-corrected chi connectivity index (χ3v) is 5.68. The molecule has 0 atom stereocenters. The maximum Gasteiger partial charge on any atom is 0.319 e. The van der Waals surface area contributed by atoms with Crippen LogP contribution in [-0.2, 0) is 11.3 Å². The van der Waals surface area contributed by atoms with Crippen molar-refractivity contribution in [3.8, 4) is 0 Å². The lowest BCUT2D eigenvalue weighted by Gasteiger charge is -2.32. The molecule has 172 valence electrons. The van der Waals surface area contributed by atoms with E-state index in [2.05, 4.69) is 27.7 Å². The van der Waals surface area contributed by atoms with E-state index in [1.165, 1.54) is 24.3 Å². The summed E-state index contributed by atoms with van der Waals surface area (Å²) < 4.78 is 13.0. The second-order valence-electron chi connectivity index (χ2n) is 8.47. The van der Waals surface area contributed by atoms with Crippen molar-refractivity contribution in [2.45, 2.75) is 25.4 Å². The van der Waals surface area contributed by atoms with Crippen LogP contribution in [0.25, 0.3) is 0 Å². The predicted molar refractivity (Wildman–Crippen MR) is 125 cm³/mol. The van der Waals surface area contributed by atoms with E-state index in [0.29, 0.717) is 18.8 Å². The molecule has 2 aromatic carbocycles. The minimum atomic E-state index is -0.342. The van der Waals surface area contributed by atoms with Crippen molar-refractivity contribution in [3.63, 3.8) is 0 Å². The van der Waals surface area contributed by atoms with Crippen molar-refractivity contribution in [3.05, 3.63) is 59.9 Å². The predicted octanol–water partition coefficient (Wildman–Crippen LogP) is 3.14. The molecule has 0 saturated carbocycles. The fraction of sp³-hybridized carbons (Fsp3) is 0.417. The van der Waals surface area contributed by atoms with Crippen LogP contribution in [0.5, 0.6) is 0 Å². The Morgan fingerprint density at radius 2 is 1.62 bits per heavy atom. The number of halogens is 1. The summed E-state index contributed by atoms with van der Waals surface area (Å²) in [5.74, 6) is -0.257. The zero-order valence-corrected chi connectivity index (χ0v) is 19.0. The molecular weight excluding hydrogens is 409 g/mol. The van der Waals surface area contributed by atoms with Gasteiger partial charge in [0.2, 0.25) is 5.91 Å². The molecule has 3 amide bonds. The fourth-order valence-corrected chi connectivity index (χ4v) is 3.69. The number of anilines is 2. The molecule has 1 fully saturated rings. The number of urea groups is 1. The highest BCUT2D eigenvalue weighted by molar-refractivity contribution is 5.89. The summed E-state index contributed by atoms with van der Waals surface area (Å²) in [6.07, 6.45) is 1.56. The maximum atomic E-state index is 13.0. The lowest BCUT2D eigenvalue weighted by molar-refractivity contribution is -0.131. The molecule has 32 heavy (non-hydrogen) atoms. The summed E-state index contributed by atoms with van der Waals surface area (Å²) in [4.78, 5) is 30.7. The van der Waals surface area contributed by atoms with Gasteiger partial charge in [-0.1, -0.05) is 12.1 Å². The Labute approximate surface area is 189 Å². The van der Waals surface area contributed by atoms with Gasteiger partial charge in [-0.05, 0) is 54.8 Å². The van der Waals surface area contributed by atoms with Gasteiger partial charge in [0, 0.05) is 58.2 Å². The van der Waals surface area contributed by atoms with E-state index in [4.69, 9.17) is 0 Å². The van der Waals surface area contributed by atoms with E-state index in [-0.39, 0.29) is 23.8 Å². The van der Waals surface area contributed by atoms with Crippen LogP contribution in [0.3, 0.4) is 0 Å². The van der Waals surface area contributed by atoms with Gasteiger partial charge in [0.25, 0.3) is 0 Å². The van der Waals surface area contributed by atoms with Crippen LogP contribution in [0.2, 0.25) is 0 Å². The van der Waals surface area contributed by atoms with Crippen LogP contribution in [0, 0.1) is 5.82 Å². The summed E-state index contributed by atoms with van der Waals surface area (Å²) in [5, 5.41) is 5.67. The van der Waals surface area contributed by atoms with Crippen molar-refractivity contribution in [2.75, 3.05) is 51.0 Å². The standard InChI is InChI=1S/C24H32FN5O2/c1-28(2)22-10-4-18(5-11-22)16-29(3)23(31)17-30-14-12-21(13-15-30)27-24(32)26-20-8-6-19(25)7-9-20/h4-11,21H,12-17H2,1-3H3,(H2,26,27,32). The molecule has 2 aromatic rings. The van der Waals surface area contributed by atoms with Crippen LogP contribution in [0.1, 0.15) is 18.4 Å². The number of amides is 3. The zero-order chi connectivity index (χ0) is 23.1. The summed E-state index contributed by atoms with van der Waals surface area (Å²) in [7, 11) is 5.83. The average molecular weight is 442 g/mol. The van der Waals surface area contributed by atoms with Gasteiger partial charge in [-0.2, -0.15) is 0 Å². The van der Waals surface area contributed by atoms with Crippen LogP contribution in [0.15, 0.2) is 48.5 Å². The Balaban J connectivity index is 1.38. The van der Waals surface area contributed by atoms with Gasteiger partial charge in [-0.25, -0.2) is 9.18 Å². The number of piperidine rings is 1. The highest BCUT2D eigenvalue weighted by Gasteiger charge is 2.23. The number of likely N-dealkylation sites (tertiary alicyclic amines) is 1. The Kier molecular flexibility index (Phi) is 8.05. The summed E-state index contributed by atoms with van der Waals surface area (Å²) >= 11 is 0. The Hall–Kier alpha value is -3.13. The molecule has 0 unspecified atom stereocenters. The van der Waals surface area contributed by atoms with Gasteiger partial charge < -0.3 is 20.4 Å². The quantitative estimate of drug-likeness (QED) is 0.693. The molecule has 0 aliphatic carbocycles. The van der Waals surface area contributed by atoms with Crippen LogP contribution in [-0.4, -0.2) is 68.6 Å². The number of rotatable bonds is 7. The first-order valence-corrected chi connectivity index (χ1v) is 10.9. The van der Waals surface area contributed by atoms with Crippen molar-refractivity contribution in [1.29, 1.82) is 0 Å². The summed E-state index contributed by atoms with van der Waals surface area (Å²) in [6.45, 7) is 2.45. The van der Waals surface area contributed by atoms with Crippen molar-refractivity contribution >= 4 is 23.3 Å². The van der Waals surface area contributed by atoms with E-state index in [9.17, 15) is 14.0 Å². The normalized spacial score (nSPS) is 14.6. The molecule has 1 saturated heterocycles. The first kappa shape index (κ1) is 23.5. The van der Waals surface area contributed by atoms with E-state index in [1.807, 2.05) is 38.2 Å². The minimum absolute atomic E-state index is 0.0507. The third kappa shape index (κ3) is 6.95. The lowest BCUT2D eigenvalue weighted by atomic mass is 10.1. The molecule has 0 bridgehead atoms. The molecule has 1 aliphatic rings. The number of likely N-dealkylation sites (N-methyl/N-ethyl adjacent to an activating group) is 1. The van der Waals surface area contributed by atoms with E-state index in [0.717, 1.165) is 37.2 Å². The van der Waals surface area contributed by atoms with Crippen molar-refractivity contribution < 1.29 is 14.0 Å². The Bertz CT molecular complexity index is 894. The number of hydrogen-bond donors (Lipinski definition) is 2. The lowest BCUT2D eigenvalue weighted by Crippen LogP contribution is -2.48. The number of carbonyl (C=O) groups excluding carboxylic acids is 2.